The highest BCUT2D eigenvalue weighted by Crippen LogP contribution is 2.34. The summed E-state index contributed by atoms with van der Waals surface area (Å²) in [6.45, 7) is 0. The van der Waals surface area contributed by atoms with Crippen molar-refractivity contribution in [2.24, 2.45) is 0 Å². The lowest BCUT2D eigenvalue weighted by atomic mass is 10.1. The fourth-order valence-electron chi connectivity index (χ4n) is 2.37. The second-order valence-electron chi connectivity index (χ2n) is 4.71. The van der Waals surface area contributed by atoms with E-state index in [0.717, 1.165) is 17.0 Å². The lowest BCUT2D eigenvalue weighted by molar-refractivity contribution is 0.0926. The van der Waals surface area contributed by atoms with E-state index in [1.54, 1.807) is 18.2 Å². The second kappa shape index (κ2) is 5.14. The van der Waals surface area contributed by atoms with Crippen molar-refractivity contribution in [2.45, 2.75) is 0 Å². The number of carbonyl (C=O) groups excluding carboxylic acids is 2. The molecule has 6 heteroatoms. The number of halogens is 1. The average Bonchev–Trinajstić information content (AvgIpc) is 2.77. The molecule has 0 fully saturated rings. The van der Waals surface area contributed by atoms with Crippen molar-refractivity contribution < 1.29 is 23.5 Å². The maximum absolute atomic E-state index is 13.3. The van der Waals surface area contributed by atoms with Crippen molar-refractivity contribution in [2.75, 3.05) is 19.1 Å². The van der Waals surface area contributed by atoms with Crippen LogP contribution in [0, 0.1) is 5.82 Å². The number of hydrogen-bond acceptors (Lipinski definition) is 4. The zero-order chi connectivity index (χ0) is 15.9. The molecule has 22 heavy (non-hydrogen) atoms. The van der Waals surface area contributed by atoms with Gasteiger partial charge in [0.05, 0.1) is 31.0 Å². The number of hydrogen-bond donors (Lipinski definition) is 0. The van der Waals surface area contributed by atoms with Gasteiger partial charge in [0.25, 0.3) is 11.8 Å². The molecule has 0 spiro atoms. The topological polar surface area (TPSA) is 55.8 Å². The Hall–Kier alpha value is -2.89. The highest BCUT2D eigenvalue weighted by Gasteiger charge is 2.37. The first-order valence-electron chi connectivity index (χ1n) is 6.46. The number of rotatable bonds is 3. The molecule has 0 saturated heterocycles. The minimum Gasteiger partial charge on any atom is -0.497 e. The molecular weight excluding hydrogens is 289 g/mol. The zero-order valence-corrected chi connectivity index (χ0v) is 11.9. The third-order valence-electron chi connectivity index (χ3n) is 3.44. The molecule has 0 N–H and O–H groups in total. The Morgan fingerprint density at radius 1 is 0.864 bits per heavy atom. The summed E-state index contributed by atoms with van der Waals surface area (Å²) in [5.74, 6) is -0.760. The fourth-order valence-corrected chi connectivity index (χ4v) is 2.37. The monoisotopic (exact) mass is 301 g/mol. The SMILES string of the molecule is COc1cc(OC)cc(N2C(=O)c3ccc(F)cc3C2=O)c1. The molecular formula is C16H12FNO4. The Morgan fingerprint density at radius 2 is 1.45 bits per heavy atom. The van der Waals surface area contributed by atoms with Crippen molar-refractivity contribution in [1.82, 2.24) is 0 Å². The number of fused-ring (bicyclic) bond motifs is 1. The van der Waals surface area contributed by atoms with E-state index < -0.39 is 17.6 Å². The number of amides is 2. The standard InChI is InChI=1S/C16H12FNO4/c1-21-11-6-10(7-12(8-11)22-2)18-15(19)13-4-3-9(17)5-14(13)16(18)20/h3-8H,1-2H3. The molecule has 0 unspecified atom stereocenters. The van der Waals surface area contributed by atoms with Gasteiger partial charge < -0.3 is 9.47 Å². The van der Waals surface area contributed by atoms with Gasteiger partial charge in [-0.2, -0.15) is 0 Å². The molecule has 112 valence electrons. The van der Waals surface area contributed by atoms with Crippen LogP contribution < -0.4 is 14.4 Å². The van der Waals surface area contributed by atoms with Crippen molar-refractivity contribution in [3.05, 3.63) is 53.3 Å². The predicted octanol–water partition coefficient (Wildman–Crippen LogP) is 2.64. The van der Waals surface area contributed by atoms with E-state index in [1.165, 1.54) is 20.3 Å². The maximum Gasteiger partial charge on any atom is 0.266 e. The molecule has 2 amide bonds. The largest absolute Gasteiger partial charge is 0.497 e. The Bertz CT molecular complexity index is 765. The van der Waals surface area contributed by atoms with Gasteiger partial charge in [0.15, 0.2) is 0 Å². The summed E-state index contributed by atoms with van der Waals surface area (Å²) in [5, 5.41) is 0. The van der Waals surface area contributed by atoms with Crippen LogP contribution in [-0.2, 0) is 0 Å². The van der Waals surface area contributed by atoms with Crippen LogP contribution in [-0.4, -0.2) is 26.0 Å². The molecule has 0 bridgehead atoms. The summed E-state index contributed by atoms with van der Waals surface area (Å²) < 4.78 is 23.6. The summed E-state index contributed by atoms with van der Waals surface area (Å²) in [7, 11) is 2.94. The van der Waals surface area contributed by atoms with Crippen LogP contribution >= 0.6 is 0 Å². The van der Waals surface area contributed by atoms with Crippen LogP contribution in [0.1, 0.15) is 20.7 Å². The molecule has 0 aromatic heterocycles. The van der Waals surface area contributed by atoms with Crippen molar-refractivity contribution in [1.29, 1.82) is 0 Å². The fraction of sp³-hybridized carbons (Fsp3) is 0.125. The van der Waals surface area contributed by atoms with Crippen molar-refractivity contribution in [3.8, 4) is 11.5 Å². The van der Waals surface area contributed by atoms with Gasteiger partial charge in [-0.05, 0) is 18.2 Å². The minimum atomic E-state index is -0.574. The molecule has 0 atom stereocenters. The molecule has 1 heterocycles. The summed E-state index contributed by atoms with van der Waals surface area (Å²) in [6, 6.07) is 8.23. The molecule has 1 aliphatic heterocycles. The summed E-state index contributed by atoms with van der Waals surface area (Å²) in [6.07, 6.45) is 0. The Morgan fingerprint density at radius 3 is 2.05 bits per heavy atom. The molecule has 0 radical (unpaired) electrons. The lowest BCUT2D eigenvalue weighted by Gasteiger charge is -2.16. The van der Waals surface area contributed by atoms with E-state index in [2.05, 4.69) is 0 Å². The van der Waals surface area contributed by atoms with Crippen LogP contribution in [0.4, 0.5) is 10.1 Å². The summed E-state index contributed by atoms with van der Waals surface area (Å²) in [4.78, 5) is 25.8. The molecule has 0 saturated carbocycles. The highest BCUT2D eigenvalue weighted by atomic mass is 19.1. The molecule has 0 aliphatic carbocycles. The van der Waals surface area contributed by atoms with E-state index in [-0.39, 0.29) is 11.1 Å². The van der Waals surface area contributed by atoms with Gasteiger partial charge in [0.1, 0.15) is 17.3 Å². The van der Waals surface area contributed by atoms with Crippen molar-refractivity contribution >= 4 is 17.5 Å². The third kappa shape index (κ3) is 2.09. The number of ether oxygens (including phenoxy) is 2. The minimum absolute atomic E-state index is 0.0480. The average molecular weight is 301 g/mol. The Kier molecular flexibility index (Phi) is 3.29. The van der Waals surface area contributed by atoms with Gasteiger partial charge in [-0.15, -0.1) is 0 Å². The summed E-state index contributed by atoms with van der Waals surface area (Å²) in [5.41, 5.74) is 0.530. The van der Waals surface area contributed by atoms with Crippen molar-refractivity contribution in [3.63, 3.8) is 0 Å². The van der Waals surface area contributed by atoms with Crippen LogP contribution in [0.2, 0.25) is 0 Å². The van der Waals surface area contributed by atoms with Gasteiger partial charge in [-0.25, -0.2) is 9.29 Å². The van der Waals surface area contributed by atoms with Gasteiger partial charge in [-0.1, -0.05) is 0 Å². The van der Waals surface area contributed by atoms with Gasteiger partial charge >= 0.3 is 0 Å². The molecule has 3 rings (SSSR count). The van der Waals surface area contributed by atoms with E-state index in [1.807, 2.05) is 0 Å². The molecule has 2 aromatic carbocycles. The quantitative estimate of drug-likeness (QED) is 0.818. The van der Waals surface area contributed by atoms with E-state index in [4.69, 9.17) is 9.47 Å². The number of benzene rings is 2. The zero-order valence-electron chi connectivity index (χ0n) is 11.9. The Balaban J connectivity index is 2.11. The second-order valence-corrected chi connectivity index (χ2v) is 4.71. The van der Waals surface area contributed by atoms with Crippen LogP contribution in [0.25, 0.3) is 0 Å². The normalized spacial score (nSPS) is 13.3. The van der Waals surface area contributed by atoms with Crippen LogP contribution in [0.15, 0.2) is 36.4 Å². The summed E-state index contributed by atoms with van der Waals surface area (Å²) >= 11 is 0. The molecule has 1 aliphatic rings. The molecule has 2 aromatic rings. The lowest BCUT2D eigenvalue weighted by Crippen LogP contribution is -2.29. The first-order valence-corrected chi connectivity index (χ1v) is 6.46. The van der Waals surface area contributed by atoms with E-state index in [0.29, 0.717) is 17.2 Å². The number of anilines is 1. The third-order valence-corrected chi connectivity index (χ3v) is 3.44. The highest BCUT2D eigenvalue weighted by molar-refractivity contribution is 6.34. The van der Waals surface area contributed by atoms with Crippen LogP contribution in [0.3, 0.4) is 0 Å². The number of carbonyl (C=O) groups is 2. The predicted molar refractivity (Wildman–Crippen MR) is 77.1 cm³/mol. The van der Waals surface area contributed by atoms with E-state index >= 15 is 0 Å². The van der Waals surface area contributed by atoms with Crippen LogP contribution in [0.5, 0.6) is 11.5 Å². The Labute approximate surface area is 125 Å². The molecule has 5 nitrogen and oxygen atoms in total. The first-order chi connectivity index (χ1) is 10.5. The van der Waals surface area contributed by atoms with E-state index in [9.17, 15) is 14.0 Å². The van der Waals surface area contributed by atoms with Gasteiger partial charge in [0.2, 0.25) is 0 Å². The van der Waals surface area contributed by atoms with Gasteiger partial charge in [0, 0.05) is 18.2 Å². The number of methoxy groups -OCH3 is 2. The number of nitrogens with zero attached hydrogens (tertiary/aromatic N) is 1. The maximum atomic E-state index is 13.3. The smallest absolute Gasteiger partial charge is 0.266 e. The van der Waals surface area contributed by atoms with Gasteiger partial charge in [-0.3, -0.25) is 9.59 Å². The first kappa shape index (κ1) is 14.1. The number of imide groups is 1.